The Morgan fingerprint density at radius 3 is 2.00 bits per heavy atom. The molecule has 0 bridgehead atoms. The Labute approximate surface area is 110 Å². The van der Waals surface area contributed by atoms with Gasteiger partial charge in [0.25, 0.3) is 0 Å². The molecule has 0 aromatic heterocycles. The highest BCUT2D eigenvalue weighted by Crippen LogP contribution is 2.41. The summed E-state index contributed by atoms with van der Waals surface area (Å²) in [7, 11) is -3.39. The van der Waals surface area contributed by atoms with E-state index >= 15 is 0 Å². The minimum atomic E-state index is -4.99. The Hall–Kier alpha value is -1.25. The second kappa shape index (κ2) is 4.37. The van der Waals surface area contributed by atoms with Crippen molar-refractivity contribution in [2.45, 2.75) is 18.3 Å². The number of rotatable bonds is 1. The summed E-state index contributed by atoms with van der Waals surface area (Å²) in [6, 6.07) is 2.36. The van der Waals surface area contributed by atoms with Crippen molar-refractivity contribution in [3.05, 3.63) is 34.9 Å². The topological polar surface area (TPSA) is 34.1 Å². The van der Waals surface area contributed by atoms with E-state index in [2.05, 4.69) is 0 Å². The Morgan fingerprint density at radius 1 is 1.05 bits per heavy atom. The lowest BCUT2D eigenvalue weighted by molar-refractivity contribution is -0.143. The normalized spacial score (nSPS) is 19.7. The molecule has 2 nitrogen and oxygen atoms in total. The third-order valence-corrected chi connectivity index (χ3v) is 4.74. The molecule has 0 atom stereocenters. The summed E-state index contributed by atoms with van der Waals surface area (Å²) in [5.74, 6) is -1.96. The molecule has 0 N–H and O–H groups in total. The SMILES string of the molecule is O=S1(=O)CC(c2[c]cc(C(F)(F)F)cc2C(F)(F)F)C1. The molecule has 0 amide bonds. The van der Waals surface area contributed by atoms with Gasteiger partial charge in [-0.15, -0.1) is 0 Å². The van der Waals surface area contributed by atoms with Crippen LogP contribution in [0.15, 0.2) is 12.1 Å². The van der Waals surface area contributed by atoms with Crippen molar-refractivity contribution in [3.63, 3.8) is 0 Å². The largest absolute Gasteiger partial charge is 0.416 e. The van der Waals surface area contributed by atoms with Gasteiger partial charge in [-0.25, -0.2) is 8.42 Å². The molecule has 9 heteroatoms. The number of hydrogen-bond acceptors (Lipinski definition) is 2. The third kappa shape index (κ3) is 2.92. The lowest BCUT2D eigenvalue weighted by Gasteiger charge is -2.28. The number of hydrogen-bond donors (Lipinski definition) is 0. The third-order valence-electron chi connectivity index (χ3n) is 2.92. The van der Waals surface area contributed by atoms with E-state index in [0.717, 1.165) is 0 Å². The van der Waals surface area contributed by atoms with Crippen LogP contribution in [0.25, 0.3) is 0 Å². The predicted molar refractivity (Wildman–Crippen MR) is 56.7 cm³/mol. The maximum absolute atomic E-state index is 12.8. The van der Waals surface area contributed by atoms with E-state index < -0.39 is 56.3 Å². The molecule has 1 fully saturated rings. The van der Waals surface area contributed by atoms with Gasteiger partial charge in [-0.05, 0) is 23.8 Å². The monoisotopic (exact) mass is 317 g/mol. The summed E-state index contributed by atoms with van der Waals surface area (Å²) in [4.78, 5) is 0. The van der Waals surface area contributed by atoms with E-state index in [4.69, 9.17) is 0 Å². The summed E-state index contributed by atoms with van der Waals surface area (Å²) in [6.07, 6.45) is -9.91. The summed E-state index contributed by atoms with van der Waals surface area (Å²) in [6.45, 7) is 0. The van der Waals surface area contributed by atoms with Crippen LogP contribution >= 0.6 is 0 Å². The molecular weight excluding hydrogens is 310 g/mol. The van der Waals surface area contributed by atoms with Crippen LogP contribution in [0.2, 0.25) is 0 Å². The average Bonchev–Trinajstić information content (AvgIpc) is 2.22. The van der Waals surface area contributed by atoms with Gasteiger partial charge < -0.3 is 0 Å². The second-order valence-corrected chi connectivity index (χ2v) is 6.64. The molecule has 0 unspecified atom stereocenters. The van der Waals surface area contributed by atoms with E-state index in [-0.39, 0.29) is 6.07 Å². The van der Waals surface area contributed by atoms with Crippen LogP contribution in [0.1, 0.15) is 22.6 Å². The zero-order valence-electron chi connectivity index (χ0n) is 9.64. The predicted octanol–water partition coefficient (Wildman–Crippen LogP) is 3.04. The molecule has 1 saturated heterocycles. The van der Waals surface area contributed by atoms with Crippen LogP contribution in [0.3, 0.4) is 0 Å². The lowest BCUT2D eigenvalue weighted by Crippen LogP contribution is -2.35. The quantitative estimate of drug-likeness (QED) is 0.746. The van der Waals surface area contributed by atoms with E-state index in [9.17, 15) is 34.8 Å². The van der Waals surface area contributed by atoms with Crippen molar-refractivity contribution >= 4 is 9.84 Å². The zero-order valence-corrected chi connectivity index (χ0v) is 10.5. The van der Waals surface area contributed by atoms with Crippen molar-refractivity contribution in [3.8, 4) is 0 Å². The van der Waals surface area contributed by atoms with Crippen molar-refractivity contribution in [2.75, 3.05) is 11.5 Å². The molecule has 0 saturated carbocycles. The van der Waals surface area contributed by atoms with Gasteiger partial charge in [-0.3, -0.25) is 0 Å². The van der Waals surface area contributed by atoms with Gasteiger partial charge in [0.1, 0.15) is 0 Å². The highest BCUT2D eigenvalue weighted by molar-refractivity contribution is 7.92. The van der Waals surface area contributed by atoms with Gasteiger partial charge in [0.05, 0.1) is 22.6 Å². The molecule has 1 aliphatic rings. The number of benzene rings is 1. The Bertz CT molecular complexity index is 617. The Balaban J connectivity index is 2.48. The maximum atomic E-state index is 12.8. The van der Waals surface area contributed by atoms with Crippen molar-refractivity contribution < 1.29 is 34.8 Å². The van der Waals surface area contributed by atoms with Gasteiger partial charge in [-0.1, -0.05) is 0 Å². The molecule has 0 spiro atoms. The molecule has 1 heterocycles. The summed E-state index contributed by atoms with van der Waals surface area (Å²) < 4.78 is 97.6. The van der Waals surface area contributed by atoms with Crippen molar-refractivity contribution in [1.82, 2.24) is 0 Å². The minimum Gasteiger partial charge on any atom is -0.229 e. The second-order valence-electron chi connectivity index (χ2n) is 4.49. The van der Waals surface area contributed by atoms with Crippen LogP contribution in [0.4, 0.5) is 26.3 Å². The molecule has 111 valence electrons. The molecule has 1 radical (unpaired) electrons. The van der Waals surface area contributed by atoms with Gasteiger partial charge in [-0.2, -0.15) is 26.3 Å². The van der Waals surface area contributed by atoms with Crippen LogP contribution in [0, 0.1) is 6.07 Å². The molecule has 1 aromatic carbocycles. The number of alkyl halides is 6. The first-order valence-corrected chi connectivity index (χ1v) is 7.13. The van der Waals surface area contributed by atoms with Gasteiger partial charge >= 0.3 is 12.4 Å². The fraction of sp³-hybridized carbons (Fsp3) is 0.455. The van der Waals surface area contributed by atoms with Crippen LogP contribution in [-0.4, -0.2) is 19.9 Å². The molecule has 20 heavy (non-hydrogen) atoms. The van der Waals surface area contributed by atoms with Crippen LogP contribution in [-0.2, 0) is 22.2 Å². The molecule has 0 aliphatic carbocycles. The maximum Gasteiger partial charge on any atom is 0.416 e. The fourth-order valence-corrected chi connectivity index (χ4v) is 3.44. The first-order valence-electron chi connectivity index (χ1n) is 5.30. The first-order chi connectivity index (χ1) is 8.90. The molecule has 2 rings (SSSR count). The van der Waals surface area contributed by atoms with Gasteiger partial charge in [0.15, 0.2) is 9.84 Å². The van der Waals surface area contributed by atoms with Crippen molar-refractivity contribution in [2.24, 2.45) is 0 Å². The van der Waals surface area contributed by atoms with Crippen molar-refractivity contribution in [1.29, 1.82) is 0 Å². The summed E-state index contributed by atoms with van der Waals surface area (Å²) >= 11 is 0. The highest BCUT2D eigenvalue weighted by Gasteiger charge is 2.43. The standard InChI is InChI=1S/C11H7F6O2S/c12-10(13,14)7-1-2-8(6-4-20(18,19)5-6)9(3-7)11(15,16)17/h1,3,6H,4-5H2. The highest BCUT2D eigenvalue weighted by atomic mass is 32.2. The van der Waals surface area contributed by atoms with E-state index in [1.165, 1.54) is 0 Å². The summed E-state index contributed by atoms with van der Waals surface area (Å²) in [5.41, 5.74) is -3.47. The van der Waals surface area contributed by atoms with Crippen LogP contribution < -0.4 is 0 Å². The lowest BCUT2D eigenvalue weighted by atomic mass is 9.94. The minimum absolute atomic E-state index is 0.00320. The Morgan fingerprint density at radius 2 is 1.60 bits per heavy atom. The van der Waals surface area contributed by atoms with Gasteiger partial charge in [0, 0.05) is 5.92 Å². The smallest absolute Gasteiger partial charge is 0.229 e. The molecule has 1 aliphatic heterocycles. The van der Waals surface area contributed by atoms with Crippen LogP contribution in [0.5, 0.6) is 0 Å². The van der Waals surface area contributed by atoms with E-state index in [0.29, 0.717) is 6.07 Å². The number of halogens is 6. The van der Waals surface area contributed by atoms with Gasteiger partial charge in [0.2, 0.25) is 0 Å². The summed E-state index contributed by atoms with van der Waals surface area (Å²) in [5, 5.41) is 0. The molecule has 1 aromatic rings. The molecular formula is C11H7F6O2S. The van der Waals surface area contributed by atoms with E-state index in [1.54, 1.807) is 0 Å². The number of sulfone groups is 1. The average molecular weight is 317 g/mol. The fourth-order valence-electron chi connectivity index (χ4n) is 1.98. The van der Waals surface area contributed by atoms with E-state index in [1.807, 2.05) is 6.07 Å². The first kappa shape index (κ1) is 15.1. The Kier molecular flexibility index (Phi) is 3.31. The zero-order chi connectivity index (χ0) is 15.3.